The van der Waals surface area contributed by atoms with Crippen LogP contribution in [-0.4, -0.2) is 233 Å². The Morgan fingerprint density at radius 3 is 0.931 bits per heavy atom. The fourth-order valence-electron chi connectivity index (χ4n) is 20.9. The van der Waals surface area contributed by atoms with Gasteiger partial charge in [0.1, 0.15) is 42.7 Å². The highest BCUT2D eigenvalue weighted by molar-refractivity contribution is 5.66. The van der Waals surface area contributed by atoms with Crippen LogP contribution in [0.5, 0.6) is 0 Å². The van der Waals surface area contributed by atoms with Crippen molar-refractivity contribution in [3.05, 3.63) is 215 Å². The first-order valence-electron chi connectivity index (χ1n) is 47.7. The van der Waals surface area contributed by atoms with Crippen molar-refractivity contribution in [1.29, 1.82) is 0 Å². The molecule has 0 spiro atoms. The van der Waals surface area contributed by atoms with Crippen LogP contribution < -0.4 is 0 Å². The van der Waals surface area contributed by atoms with Crippen molar-refractivity contribution < 1.29 is 124 Å². The monoisotopic (exact) mass is 1820 g/mol. The molecule has 0 radical (unpaired) electrons. The van der Waals surface area contributed by atoms with E-state index in [0.717, 1.165) is 40.5 Å². The summed E-state index contributed by atoms with van der Waals surface area (Å²) in [5.74, 6) is -3.19. The minimum Gasteiger partial charge on any atom is -0.459 e. The van der Waals surface area contributed by atoms with Gasteiger partial charge in [-0.2, -0.15) is 0 Å². The summed E-state index contributed by atoms with van der Waals surface area (Å²) in [7, 11) is 1.00. The highest BCUT2D eigenvalue weighted by atomic mass is 16.8. The normalized spacial score (nSPS) is 39.1. The Morgan fingerprint density at radius 1 is 0.313 bits per heavy atom. The summed E-state index contributed by atoms with van der Waals surface area (Å²) in [6, 6.07) is 61.1. The van der Waals surface area contributed by atoms with Crippen LogP contribution in [0.1, 0.15) is 164 Å². The molecule has 0 aliphatic carbocycles. The Kier molecular flexibility index (Phi) is 36.0. The Labute approximate surface area is 775 Å². The van der Waals surface area contributed by atoms with Gasteiger partial charge < -0.3 is 119 Å². The summed E-state index contributed by atoms with van der Waals surface area (Å²) in [5, 5.41) is 17.9. The van der Waals surface area contributed by atoms with Gasteiger partial charge in [0.25, 0.3) is 0 Å². The van der Waals surface area contributed by atoms with E-state index >= 15 is 0 Å². The molecule has 36 atom stereocenters. The summed E-state index contributed by atoms with van der Waals surface area (Å²) in [6.45, 7) is 37.6. The molecule has 10 aliphatic heterocycles. The Bertz CT molecular complexity index is 4340. The quantitative estimate of drug-likeness (QED) is 0.0383. The zero-order chi connectivity index (χ0) is 92.8. The smallest absolute Gasteiger partial charge is 0.303 e. The van der Waals surface area contributed by atoms with Crippen LogP contribution in [0.3, 0.4) is 0 Å². The third-order valence-electron chi connectivity index (χ3n) is 28.1. The largest absolute Gasteiger partial charge is 0.459 e. The lowest BCUT2D eigenvalue weighted by Gasteiger charge is -2.49. The number of esters is 1. The van der Waals surface area contributed by atoms with Gasteiger partial charge in [0.2, 0.25) is 0 Å². The van der Waals surface area contributed by atoms with E-state index in [2.05, 4.69) is 114 Å². The number of hydrogen-bond donors (Lipinski definition) is 2. The van der Waals surface area contributed by atoms with Crippen molar-refractivity contribution in [3.63, 3.8) is 0 Å². The van der Waals surface area contributed by atoms with Gasteiger partial charge in [-0.25, -0.2) is 0 Å². The van der Waals surface area contributed by atoms with Gasteiger partial charge in [0.05, 0.1) is 170 Å². The first-order valence-corrected chi connectivity index (χ1v) is 47.7. The SMILES string of the molecule is CC(=O)O[C@H]1C(C)O[C@@H](C)C(O[C@@H]2OC(C)[C@H](C[C@@H]3OC[C@@H](OCc4ccccc4)C(O[C@@H]4OC[C@@H](OCc5ccccc5)C(OCc5ccccc5)C4C)C3C)C3OC(C)(C)OC32)C1C.CC1C(OCc2ccccc2)[C@H](OCc2ccccc2)CO[C@H]1OC1C(C)[C@H](C[C@H]2C(C)O[C@@H](OC3C(C)[C@@H](O)C(C)O[C@H]3C)C3OC(C)(C)OC32)OC[C@H]1OCc1ccccc1.CO. The second-order valence-corrected chi connectivity index (χ2v) is 38.6. The highest BCUT2D eigenvalue weighted by Gasteiger charge is 2.61. The average Bonchev–Trinajstić information content (AvgIpc) is 1.63. The predicted octanol–water partition coefficient (Wildman–Crippen LogP) is 15.4. The zero-order valence-electron chi connectivity index (χ0n) is 79.8. The number of aliphatic hydroxyl groups is 2. The number of hydrogen-bond acceptors (Lipinski definition) is 26. The molecule has 2 N–H and O–H groups in total. The lowest BCUT2D eigenvalue weighted by Crippen LogP contribution is -2.60. The van der Waals surface area contributed by atoms with Crippen LogP contribution in [0.15, 0.2) is 182 Å². The molecular weight excluding hydrogens is 1680 g/mol. The summed E-state index contributed by atoms with van der Waals surface area (Å²) in [4.78, 5) is 12.0. The Balaban J connectivity index is 0.000000207. The third-order valence-corrected chi connectivity index (χ3v) is 28.1. The lowest BCUT2D eigenvalue weighted by atomic mass is 9.79. The fraction of sp³-hybridized carbons (Fsp3) is 0.648. The molecule has 0 saturated carbocycles. The van der Waals surface area contributed by atoms with Gasteiger partial charge in [-0.3, -0.25) is 4.79 Å². The van der Waals surface area contributed by atoms with E-state index in [1.165, 1.54) is 6.92 Å². The minimum atomic E-state index is -0.880. The van der Waals surface area contributed by atoms with Gasteiger partial charge in [0.15, 0.2) is 36.7 Å². The van der Waals surface area contributed by atoms with Crippen molar-refractivity contribution in [3.8, 4) is 0 Å². The molecular formula is C105H146O26. The lowest BCUT2D eigenvalue weighted by molar-refractivity contribution is -0.316. The van der Waals surface area contributed by atoms with Crippen LogP contribution in [0, 0.1) is 47.3 Å². The van der Waals surface area contributed by atoms with E-state index in [1.54, 1.807) is 0 Å². The molecule has 10 saturated heterocycles. The molecule has 6 aromatic rings. The molecule has 0 bridgehead atoms. The Morgan fingerprint density at radius 2 is 0.595 bits per heavy atom. The number of carbonyl (C=O) groups excluding carboxylic acids is 1. The number of benzene rings is 6. The molecule has 26 heteroatoms. The average molecular weight is 1820 g/mol. The standard InChI is InChI=1S/C53H72O13.C51H70O12.CH4O/c1-31-42(25-41-34(4)61-52(50-49(41)65-53(8,9)66-50)63-46-32(2)45(62-37(7)54)35(5)60-36(46)6)57-29-44(56-27-39-21-15-11-16-22-39)48(31)64-51-33(3)47(58-28-40-23-17-12-18-24-40)43(30-59-51)55-26-38-19-13-10-14-20-38;1-30-40(24-39-33(4)59-50(48-47(39)62-51(7,8)63-48)60-44-31(2)43(52)34(5)58-35(44)6)55-28-42(54-26-37-20-14-10-15-21-37)46(30)61-49-32(3)45(56-27-38-22-16-11-17-23-38)41(29-57-49)53-25-36-18-12-9-13-19-36;1-2/h10-24,31-36,41-52H,25-30H2,1-9H3;9-23,30-35,39-50,52H,24-29H2,1-8H3;2H,1H3/t31?,32?,33?,34?,35?,36-,41-,42-,43+,44+,45+,46?,47?,48?,49?,50?,51-,52-;30?,31?,32?,33?,34?,35-,39-,40-,41+,42+,43+,44?,45?,46?,47?,48?,49-,50-;/m00./s1. The van der Waals surface area contributed by atoms with E-state index < -0.39 is 67.3 Å². The van der Waals surface area contributed by atoms with Gasteiger partial charge in [-0.05, 0) is 115 Å². The molecule has 16 rings (SSSR count). The summed E-state index contributed by atoms with van der Waals surface area (Å²) in [5.41, 5.74) is 6.49. The molecule has 10 aliphatic rings. The summed E-state index contributed by atoms with van der Waals surface area (Å²) < 4.78 is 153. The minimum absolute atomic E-state index is 0.0854. The molecule has 26 nitrogen and oxygen atoms in total. The molecule has 0 aromatic heterocycles. The van der Waals surface area contributed by atoms with Crippen molar-refractivity contribution in [2.45, 2.75) is 353 Å². The molecule has 6 aromatic carbocycles. The van der Waals surface area contributed by atoms with E-state index in [4.69, 9.17) is 114 Å². The maximum atomic E-state index is 12.0. The molecule has 10 fully saturated rings. The van der Waals surface area contributed by atoms with Gasteiger partial charge in [0, 0.05) is 61.4 Å². The van der Waals surface area contributed by atoms with Crippen LogP contribution in [0.4, 0.5) is 0 Å². The maximum absolute atomic E-state index is 12.0. The van der Waals surface area contributed by atoms with E-state index in [-0.39, 0.29) is 169 Å². The van der Waals surface area contributed by atoms with Gasteiger partial charge in [-0.15, -0.1) is 0 Å². The first-order chi connectivity index (χ1) is 63.1. The van der Waals surface area contributed by atoms with Crippen molar-refractivity contribution in [2.75, 3.05) is 33.5 Å². The van der Waals surface area contributed by atoms with Crippen LogP contribution in [0.25, 0.3) is 0 Å². The molecule has 10 heterocycles. The van der Waals surface area contributed by atoms with Crippen molar-refractivity contribution in [1.82, 2.24) is 0 Å². The number of carbonyl (C=O) groups is 1. The molecule has 131 heavy (non-hydrogen) atoms. The summed E-state index contributed by atoms with van der Waals surface area (Å²) >= 11 is 0. The van der Waals surface area contributed by atoms with Crippen LogP contribution in [0.2, 0.25) is 0 Å². The zero-order valence-corrected chi connectivity index (χ0v) is 79.8. The fourth-order valence-corrected chi connectivity index (χ4v) is 20.9. The van der Waals surface area contributed by atoms with E-state index in [1.807, 2.05) is 178 Å². The second kappa shape index (κ2) is 46.8. The topological polar surface area (TPSA) is 270 Å². The third kappa shape index (κ3) is 25.6. The second-order valence-electron chi connectivity index (χ2n) is 38.6. The predicted molar refractivity (Wildman–Crippen MR) is 486 cm³/mol. The number of rotatable bonds is 31. The maximum Gasteiger partial charge on any atom is 0.303 e. The van der Waals surface area contributed by atoms with E-state index in [9.17, 15) is 9.90 Å². The number of ether oxygens (including phenoxy) is 23. The Hall–Kier alpha value is -6.17. The van der Waals surface area contributed by atoms with Crippen molar-refractivity contribution >= 4 is 5.97 Å². The number of aliphatic hydroxyl groups excluding tert-OH is 2. The van der Waals surface area contributed by atoms with E-state index in [0.29, 0.717) is 78.9 Å². The molecule has 722 valence electrons. The van der Waals surface area contributed by atoms with Crippen LogP contribution in [-0.2, 0) is 153 Å². The molecule has 0 amide bonds. The molecule has 20 unspecified atom stereocenters. The van der Waals surface area contributed by atoms with Crippen LogP contribution >= 0.6 is 0 Å². The van der Waals surface area contributed by atoms with Crippen molar-refractivity contribution in [2.24, 2.45) is 47.3 Å². The highest BCUT2D eigenvalue weighted by Crippen LogP contribution is 2.49. The summed E-state index contributed by atoms with van der Waals surface area (Å²) in [6.07, 6.45) is -9.78. The van der Waals surface area contributed by atoms with Gasteiger partial charge in [-0.1, -0.05) is 224 Å². The first kappa shape index (κ1) is 101. The number of fused-ring (bicyclic) bond motifs is 2. The van der Waals surface area contributed by atoms with Gasteiger partial charge >= 0.3 is 5.97 Å².